The lowest BCUT2D eigenvalue weighted by Crippen LogP contribution is -2.51. The summed E-state index contributed by atoms with van der Waals surface area (Å²) in [6.45, 7) is 3.33. The van der Waals surface area contributed by atoms with E-state index >= 15 is 0 Å². The van der Waals surface area contributed by atoms with Gasteiger partial charge in [0.25, 0.3) is 11.6 Å². The van der Waals surface area contributed by atoms with Gasteiger partial charge in [-0.25, -0.2) is 8.42 Å². The van der Waals surface area contributed by atoms with Crippen molar-refractivity contribution in [3.63, 3.8) is 0 Å². The molecule has 0 bridgehead atoms. The van der Waals surface area contributed by atoms with Crippen molar-refractivity contribution in [3.8, 4) is 0 Å². The van der Waals surface area contributed by atoms with Crippen molar-refractivity contribution in [2.45, 2.75) is 17.9 Å². The first kappa shape index (κ1) is 19.1. The quantitative estimate of drug-likeness (QED) is 0.553. The van der Waals surface area contributed by atoms with Gasteiger partial charge >= 0.3 is 0 Å². The average molecular weight is 371 g/mol. The lowest BCUT2D eigenvalue weighted by atomic mass is 10.2. The van der Waals surface area contributed by atoms with E-state index in [4.69, 9.17) is 4.74 Å². The Morgan fingerprint density at radius 1 is 1.28 bits per heavy atom. The van der Waals surface area contributed by atoms with E-state index < -0.39 is 20.9 Å². The summed E-state index contributed by atoms with van der Waals surface area (Å²) >= 11 is 0. The second-order valence-electron chi connectivity index (χ2n) is 5.87. The number of ether oxygens (including phenoxy) is 1. The van der Waals surface area contributed by atoms with Crippen molar-refractivity contribution in [1.29, 1.82) is 0 Å². The SMILES string of the molecule is CO[C@@H](C)C(=O)N1CCN(c2ccc(S(C)(=O)=O)cc2[N+](=O)[O-])CC1. The van der Waals surface area contributed by atoms with E-state index in [0.29, 0.717) is 31.9 Å². The smallest absolute Gasteiger partial charge is 0.293 e. The van der Waals surface area contributed by atoms with E-state index in [9.17, 15) is 23.3 Å². The van der Waals surface area contributed by atoms with Gasteiger partial charge < -0.3 is 14.5 Å². The number of sulfone groups is 1. The molecule has 10 heteroatoms. The maximum atomic E-state index is 12.1. The van der Waals surface area contributed by atoms with Gasteiger partial charge in [-0.2, -0.15) is 0 Å². The monoisotopic (exact) mass is 371 g/mol. The summed E-state index contributed by atoms with van der Waals surface area (Å²) in [4.78, 5) is 26.2. The standard InChI is InChI=1S/C15H21N3O6S/c1-11(24-2)15(19)17-8-6-16(7-9-17)13-5-4-12(25(3,22)23)10-14(13)18(20)21/h4-5,10-11H,6-9H2,1-3H3/t11-/m0/s1. The van der Waals surface area contributed by atoms with Crippen molar-refractivity contribution in [1.82, 2.24) is 4.90 Å². The summed E-state index contributed by atoms with van der Waals surface area (Å²) in [5.41, 5.74) is 0.0947. The molecule has 1 atom stereocenters. The molecule has 0 unspecified atom stereocenters. The lowest BCUT2D eigenvalue weighted by Gasteiger charge is -2.36. The minimum Gasteiger partial charge on any atom is -0.372 e. The number of carbonyl (C=O) groups is 1. The molecule has 1 aromatic carbocycles. The Morgan fingerprint density at radius 3 is 2.36 bits per heavy atom. The molecule has 1 aromatic rings. The van der Waals surface area contributed by atoms with Crippen LogP contribution in [0.3, 0.4) is 0 Å². The van der Waals surface area contributed by atoms with Crippen LogP contribution >= 0.6 is 0 Å². The Hall–Kier alpha value is -2.20. The minimum atomic E-state index is -3.53. The van der Waals surface area contributed by atoms with Crippen LogP contribution in [0, 0.1) is 10.1 Å². The fraction of sp³-hybridized carbons (Fsp3) is 0.533. The molecule has 138 valence electrons. The molecule has 1 amide bonds. The van der Waals surface area contributed by atoms with Gasteiger partial charge in [0.15, 0.2) is 9.84 Å². The highest BCUT2D eigenvalue weighted by atomic mass is 32.2. The van der Waals surface area contributed by atoms with E-state index in [1.54, 1.807) is 16.7 Å². The zero-order valence-electron chi connectivity index (χ0n) is 14.3. The second kappa shape index (κ2) is 7.36. The van der Waals surface area contributed by atoms with E-state index in [-0.39, 0.29) is 16.5 Å². The molecule has 1 aliphatic rings. The van der Waals surface area contributed by atoms with Gasteiger partial charge in [-0.1, -0.05) is 0 Å². The van der Waals surface area contributed by atoms with Crippen molar-refractivity contribution in [3.05, 3.63) is 28.3 Å². The van der Waals surface area contributed by atoms with Gasteiger partial charge in [-0.05, 0) is 19.1 Å². The summed E-state index contributed by atoms with van der Waals surface area (Å²) < 4.78 is 28.2. The van der Waals surface area contributed by atoms with Crippen LogP contribution < -0.4 is 4.90 Å². The van der Waals surface area contributed by atoms with Gasteiger partial charge in [-0.3, -0.25) is 14.9 Å². The number of nitro benzene ring substituents is 1. The Labute approximate surface area is 146 Å². The first-order valence-corrected chi connectivity index (χ1v) is 9.59. The van der Waals surface area contributed by atoms with E-state index in [1.165, 1.54) is 19.2 Å². The van der Waals surface area contributed by atoms with Crippen LogP contribution in [0.25, 0.3) is 0 Å². The Kier molecular flexibility index (Phi) is 5.63. The highest BCUT2D eigenvalue weighted by Crippen LogP contribution is 2.31. The molecule has 25 heavy (non-hydrogen) atoms. The molecular weight excluding hydrogens is 350 g/mol. The number of nitrogens with zero attached hydrogens (tertiary/aromatic N) is 3. The summed E-state index contributed by atoms with van der Waals surface area (Å²) in [6, 6.07) is 3.89. The van der Waals surface area contributed by atoms with Crippen LogP contribution in [0.15, 0.2) is 23.1 Å². The molecule has 0 spiro atoms. The Bertz CT molecular complexity index is 771. The number of methoxy groups -OCH3 is 1. The Balaban J connectivity index is 2.21. The summed E-state index contributed by atoms with van der Waals surface area (Å²) in [5, 5.41) is 11.3. The number of amides is 1. The summed E-state index contributed by atoms with van der Waals surface area (Å²) in [5.74, 6) is -0.121. The maximum absolute atomic E-state index is 12.1. The second-order valence-corrected chi connectivity index (χ2v) is 7.89. The van der Waals surface area contributed by atoms with E-state index in [0.717, 1.165) is 12.3 Å². The third-order valence-electron chi connectivity index (χ3n) is 4.21. The number of piperazine rings is 1. The van der Waals surface area contributed by atoms with Gasteiger partial charge in [0.2, 0.25) is 0 Å². The highest BCUT2D eigenvalue weighted by molar-refractivity contribution is 7.90. The molecule has 1 aliphatic heterocycles. The molecule has 0 N–H and O–H groups in total. The van der Waals surface area contributed by atoms with Crippen LogP contribution in [0.2, 0.25) is 0 Å². The maximum Gasteiger partial charge on any atom is 0.293 e. The molecule has 1 saturated heterocycles. The van der Waals surface area contributed by atoms with Gasteiger partial charge in [-0.15, -0.1) is 0 Å². The summed E-state index contributed by atoms with van der Waals surface area (Å²) in [6.07, 6.45) is 0.475. The number of anilines is 1. The van der Waals surface area contributed by atoms with Crippen LogP contribution in [0.5, 0.6) is 0 Å². The zero-order chi connectivity index (χ0) is 18.8. The van der Waals surface area contributed by atoms with Crippen LogP contribution in [0.1, 0.15) is 6.92 Å². The van der Waals surface area contributed by atoms with Crippen molar-refractivity contribution >= 4 is 27.1 Å². The van der Waals surface area contributed by atoms with Gasteiger partial charge in [0, 0.05) is 45.6 Å². The predicted octanol–water partition coefficient (Wildman–Crippen LogP) is 0.682. The molecule has 9 nitrogen and oxygen atoms in total. The number of hydrogen-bond donors (Lipinski definition) is 0. The normalized spacial score (nSPS) is 16.6. The third-order valence-corrected chi connectivity index (χ3v) is 5.32. The molecule has 1 fully saturated rings. The van der Waals surface area contributed by atoms with Crippen molar-refractivity contribution in [2.24, 2.45) is 0 Å². The third kappa shape index (κ3) is 4.26. The lowest BCUT2D eigenvalue weighted by molar-refractivity contribution is -0.384. The molecule has 0 saturated carbocycles. The first-order chi connectivity index (χ1) is 11.6. The van der Waals surface area contributed by atoms with Gasteiger partial charge in [0.05, 0.1) is 9.82 Å². The molecule has 1 heterocycles. The van der Waals surface area contributed by atoms with Crippen molar-refractivity contribution in [2.75, 3.05) is 44.4 Å². The topological polar surface area (TPSA) is 110 Å². The fourth-order valence-electron chi connectivity index (χ4n) is 2.67. The minimum absolute atomic E-state index is 0.0920. The fourth-order valence-corrected chi connectivity index (χ4v) is 3.31. The van der Waals surface area contributed by atoms with Gasteiger partial charge in [0.1, 0.15) is 11.8 Å². The number of benzene rings is 1. The zero-order valence-corrected chi connectivity index (χ0v) is 15.2. The van der Waals surface area contributed by atoms with Crippen LogP contribution in [0.4, 0.5) is 11.4 Å². The summed E-state index contributed by atoms with van der Waals surface area (Å²) in [7, 11) is -2.06. The molecule has 2 rings (SSSR count). The predicted molar refractivity (Wildman–Crippen MR) is 91.5 cm³/mol. The number of hydrogen-bond acceptors (Lipinski definition) is 7. The number of carbonyl (C=O) groups excluding carboxylic acids is 1. The van der Waals surface area contributed by atoms with E-state index in [1.807, 2.05) is 0 Å². The molecular formula is C15H21N3O6S. The van der Waals surface area contributed by atoms with Crippen LogP contribution in [-0.4, -0.2) is 69.8 Å². The molecule has 0 aromatic heterocycles. The first-order valence-electron chi connectivity index (χ1n) is 7.70. The van der Waals surface area contributed by atoms with Crippen LogP contribution in [-0.2, 0) is 19.4 Å². The largest absolute Gasteiger partial charge is 0.372 e. The highest BCUT2D eigenvalue weighted by Gasteiger charge is 2.28. The number of rotatable bonds is 5. The Morgan fingerprint density at radius 2 is 1.88 bits per heavy atom. The molecule has 0 radical (unpaired) electrons. The average Bonchev–Trinajstić information content (AvgIpc) is 2.59. The van der Waals surface area contributed by atoms with Crippen molar-refractivity contribution < 1.29 is 22.9 Å². The molecule has 0 aliphatic carbocycles. The van der Waals surface area contributed by atoms with E-state index in [2.05, 4.69) is 0 Å². The number of nitro groups is 1.